The van der Waals surface area contributed by atoms with Crippen LogP contribution in [0.2, 0.25) is 0 Å². The zero-order valence-corrected chi connectivity index (χ0v) is 11.4. The number of aromatic nitrogens is 2. The molecule has 2 unspecified atom stereocenters. The molecule has 102 valence electrons. The Bertz CT molecular complexity index is 364. The van der Waals surface area contributed by atoms with E-state index in [2.05, 4.69) is 22.0 Å². The topological polar surface area (TPSA) is 68.2 Å². The SMILES string of the molecule is CCN1CCCC(Cc2noc(CC(C)N)n2)C1. The summed E-state index contributed by atoms with van der Waals surface area (Å²) < 4.78 is 5.22. The molecule has 1 saturated heterocycles. The fourth-order valence-corrected chi connectivity index (χ4v) is 2.59. The summed E-state index contributed by atoms with van der Waals surface area (Å²) in [5.74, 6) is 2.18. The Morgan fingerprint density at radius 3 is 3.11 bits per heavy atom. The maximum absolute atomic E-state index is 5.72. The van der Waals surface area contributed by atoms with Gasteiger partial charge < -0.3 is 15.2 Å². The standard InChI is InChI=1S/C13H24N4O/c1-3-17-6-4-5-11(9-17)8-12-15-13(18-16-12)7-10(2)14/h10-11H,3-9,14H2,1-2H3. The summed E-state index contributed by atoms with van der Waals surface area (Å²) in [7, 11) is 0. The normalized spacial score (nSPS) is 23.2. The highest BCUT2D eigenvalue weighted by molar-refractivity contribution is 4.91. The molecule has 1 aliphatic heterocycles. The van der Waals surface area contributed by atoms with E-state index in [4.69, 9.17) is 10.3 Å². The van der Waals surface area contributed by atoms with Crippen LogP contribution in [0.15, 0.2) is 4.52 Å². The van der Waals surface area contributed by atoms with Gasteiger partial charge in [-0.3, -0.25) is 0 Å². The third-order valence-corrected chi connectivity index (χ3v) is 3.53. The van der Waals surface area contributed by atoms with E-state index >= 15 is 0 Å². The number of nitrogens with zero attached hydrogens (tertiary/aromatic N) is 3. The lowest BCUT2D eigenvalue weighted by Gasteiger charge is -2.31. The van der Waals surface area contributed by atoms with Crippen LogP contribution in [0.25, 0.3) is 0 Å². The molecule has 2 rings (SSSR count). The lowest BCUT2D eigenvalue weighted by Crippen LogP contribution is -2.36. The molecule has 1 aliphatic rings. The largest absolute Gasteiger partial charge is 0.339 e. The van der Waals surface area contributed by atoms with Crippen molar-refractivity contribution in [2.75, 3.05) is 19.6 Å². The Hall–Kier alpha value is -0.940. The van der Waals surface area contributed by atoms with Crippen LogP contribution < -0.4 is 5.73 Å². The predicted molar refractivity (Wildman–Crippen MR) is 70.2 cm³/mol. The van der Waals surface area contributed by atoms with Crippen molar-refractivity contribution in [2.24, 2.45) is 11.7 Å². The number of piperidine rings is 1. The molecule has 18 heavy (non-hydrogen) atoms. The van der Waals surface area contributed by atoms with Crippen molar-refractivity contribution in [3.05, 3.63) is 11.7 Å². The van der Waals surface area contributed by atoms with Crippen LogP contribution in [0.4, 0.5) is 0 Å². The van der Waals surface area contributed by atoms with Crippen molar-refractivity contribution >= 4 is 0 Å². The molecule has 0 bridgehead atoms. The third-order valence-electron chi connectivity index (χ3n) is 3.53. The van der Waals surface area contributed by atoms with Gasteiger partial charge in [0, 0.05) is 25.4 Å². The fourth-order valence-electron chi connectivity index (χ4n) is 2.59. The van der Waals surface area contributed by atoms with Crippen molar-refractivity contribution in [1.82, 2.24) is 15.0 Å². The number of nitrogens with two attached hydrogens (primary N) is 1. The third kappa shape index (κ3) is 3.78. The molecule has 1 fully saturated rings. The van der Waals surface area contributed by atoms with E-state index in [0.29, 0.717) is 18.2 Å². The molecule has 5 heteroatoms. The lowest BCUT2D eigenvalue weighted by molar-refractivity contribution is 0.180. The van der Waals surface area contributed by atoms with Crippen molar-refractivity contribution in [3.8, 4) is 0 Å². The van der Waals surface area contributed by atoms with E-state index in [0.717, 1.165) is 25.3 Å². The van der Waals surface area contributed by atoms with Crippen LogP contribution in [0.1, 0.15) is 38.4 Å². The monoisotopic (exact) mass is 252 g/mol. The first-order valence-corrected chi connectivity index (χ1v) is 6.96. The Labute approximate surface area is 109 Å². The Kier molecular flexibility index (Phi) is 4.72. The van der Waals surface area contributed by atoms with Gasteiger partial charge in [-0.15, -0.1) is 0 Å². The van der Waals surface area contributed by atoms with Gasteiger partial charge in [0.05, 0.1) is 0 Å². The molecule has 1 aromatic heterocycles. The molecule has 0 radical (unpaired) electrons. The van der Waals surface area contributed by atoms with E-state index in [1.807, 2.05) is 6.92 Å². The van der Waals surface area contributed by atoms with Crippen molar-refractivity contribution in [1.29, 1.82) is 0 Å². The first kappa shape index (κ1) is 13.5. The lowest BCUT2D eigenvalue weighted by atomic mass is 9.94. The molecule has 2 N–H and O–H groups in total. The predicted octanol–water partition coefficient (Wildman–Crippen LogP) is 1.23. The Morgan fingerprint density at radius 2 is 2.39 bits per heavy atom. The summed E-state index contributed by atoms with van der Waals surface area (Å²) in [6.45, 7) is 7.70. The van der Waals surface area contributed by atoms with E-state index in [-0.39, 0.29) is 6.04 Å². The summed E-state index contributed by atoms with van der Waals surface area (Å²) in [4.78, 5) is 6.92. The minimum absolute atomic E-state index is 0.0727. The second kappa shape index (κ2) is 6.29. The first-order chi connectivity index (χ1) is 8.67. The Morgan fingerprint density at radius 1 is 1.56 bits per heavy atom. The zero-order valence-electron chi connectivity index (χ0n) is 11.4. The van der Waals surface area contributed by atoms with Crippen LogP contribution >= 0.6 is 0 Å². The van der Waals surface area contributed by atoms with Crippen molar-refractivity contribution in [2.45, 2.75) is 45.6 Å². The molecular formula is C13H24N4O. The molecule has 0 spiro atoms. The molecule has 0 aliphatic carbocycles. The maximum Gasteiger partial charge on any atom is 0.228 e. The highest BCUT2D eigenvalue weighted by Gasteiger charge is 2.21. The quantitative estimate of drug-likeness (QED) is 0.853. The van der Waals surface area contributed by atoms with Gasteiger partial charge in [-0.2, -0.15) is 4.98 Å². The summed E-state index contributed by atoms with van der Waals surface area (Å²) in [6, 6.07) is 0.0727. The van der Waals surface area contributed by atoms with Crippen molar-refractivity contribution in [3.63, 3.8) is 0 Å². The fraction of sp³-hybridized carbons (Fsp3) is 0.846. The summed E-state index contributed by atoms with van der Waals surface area (Å²) in [5, 5.41) is 4.05. The summed E-state index contributed by atoms with van der Waals surface area (Å²) in [5.41, 5.74) is 5.72. The second-order valence-electron chi connectivity index (χ2n) is 5.39. The van der Waals surface area contributed by atoms with Crippen LogP contribution in [-0.4, -0.2) is 40.7 Å². The van der Waals surface area contributed by atoms with Crippen LogP contribution in [0.3, 0.4) is 0 Å². The van der Waals surface area contributed by atoms with Gasteiger partial charge in [-0.1, -0.05) is 12.1 Å². The second-order valence-corrected chi connectivity index (χ2v) is 5.39. The van der Waals surface area contributed by atoms with Gasteiger partial charge in [0.15, 0.2) is 5.82 Å². The number of rotatable bonds is 5. The molecule has 2 heterocycles. The van der Waals surface area contributed by atoms with Gasteiger partial charge in [-0.05, 0) is 38.8 Å². The molecule has 0 saturated carbocycles. The summed E-state index contributed by atoms with van der Waals surface area (Å²) in [6.07, 6.45) is 4.15. The molecule has 2 atom stereocenters. The smallest absolute Gasteiger partial charge is 0.228 e. The molecular weight excluding hydrogens is 228 g/mol. The van der Waals surface area contributed by atoms with Crippen molar-refractivity contribution < 1.29 is 4.52 Å². The van der Waals surface area contributed by atoms with Gasteiger partial charge in [0.1, 0.15) is 0 Å². The van der Waals surface area contributed by atoms with E-state index in [1.165, 1.54) is 19.4 Å². The van der Waals surface area contributed by atoms with Gasteiger partial charge in [0.2, 0.25) is 5.89 Å². The minimum atomic E-state index is 0.0727. The van der Waals surface area contributed by atoms with E-state index in [9.17, 15) is 0 Å². The van der Waals surface area contributed by atoms with Crippen LogP contribution in [0, 0.1) is 5.92 Å². The molecule has 1 aromatic rings. The van der Waals surface area contributed by atoms with E-state index < -0.39 is 0 Å². The minimum Gasteiger partial charge on any atom is -0.339 e. The number of likely N-dealkylation sites (tertiary alicyclic amines) is 1. The number of hydrogen-bond donors (Lipinski definition) is 1. The molecule has 0 aromatic carbocycles. The number of hydrogen-bond acceptors (Lipinski definition) is 5. The Balaban J connectivity index is 1.86. The summed E-state index contributed by atoms with van der Waals surface area (Å²) >= 11 is 0. The zero-order chi connectivity index (χ0) is 13.0. The molecule has 5 nitrogen and oxygen atoms in total. The average molecular weight is 252 g/mol. The highest BCUT2D eigenvalue weighted by Crippen LogP contribution is 2.19. The van der Waals surface area contributed by atoms with E-state index in [1.54, 1.807) is 0 Å². The van der Waals surface area contributed by atoms with Crippen LogP contribution in [0.5, 0.6) is 0 Å². The average Bonchev–Trinajstić information content (AvgIpc) is 2.76. The highest BCUT2D eigenvalue weighted by atomic mass is 16.5. The van der Waals surface area contributed by atoms with Crippen LogP contribution in [-0.2, 0) is 12.8 Å². The van der Waals surface area contributed by atoms with Gasteiger partial charge in [-0.25, -0.2) is 0 Å². The first-order valence-electron chi connectivity index (χ1n) is 6.96. The maximum atomic E-state index is 5.72. The molecule has 0 amide bonds. The van der Waals surface area contributed by atoms with Gasteiger partial charge in [0.25, 0.3) is 0 Å². The van der Waals surface area contributed by atoms with Gasteiger partial charge >= 0.3 is 0 Å².